The number of hydrogen-bond acceptors (Lipinski definition) is 4. The van der Waals surface area contributed by atoms with Gasteiger partial charge in [-0.3, -0.25) is 4.40 Å². The Morgan fingerprint density at radius 1 is 1.40 bits per heavy atom. The average molecular weight is 289 g/mol. The van der Waals surface area contributed by atoms with E-state index in [0.29, 0.717) is 23.1 Å². The number of benzene rings is 1. The van der Waals surface area contributed by atoms with E-state index in [1.807, 2.05) is 19.1 Å². The number of nitrogens with two attached hydrogens (primary N) is 1. The lowest BCUT2D eigenvalue weighted by Crippen LogP contribution is -1.99. The maximum atomic E-state index is 6.09. The molecule has 3 aromatic rings. The third-order valence-electron chi connectivity index (χ3n) is 2.97. The van der Waals surface area contributed by atoms with Gasteiger partial charge in [-0.2, -0.15) is 4.98 Å². The van der Waals surface area contributed by atoms with E-state index in [9.17, 15) is 0 Å². The Morgan fingerprint density at radius 3 is 3.05 bits per heavy atom. The molecule has 0 saturated heterocycles. The maximum absolute atomic E-state index is 6.09. The third kappa shape index (κ3) is 2.28. The predicted molar refractivity (Wildman–Crippen MR) is 78.3 cm³/mol. The summed E-state index contributed by atoms with van der Waals surface area (Å²) in [5.74, 6) is 1.41. The van der Waals surface area contributed by atoms with E-state index in [2.05, 4.69) is 9.97 Å². The lowest BCUT2D eigenvalue weighted by molar-refractivity contribution is 0.465. The van der Waals surface area contributed by atoms with Crippen molar-refractivity contribution in [3.8, 4) is 11.6 Å². The number of aryl methyl sites for hydroxylation is 1. The number of imidazole rings is 1. The SMILES string of the molecule is CCc1cc(Oc2nc(N)cn3ccnc23)ccc1Cl. The summed E-state index contributed by atoms with van der Waals surface area (Å²) >= 11 is 6.09. The normalized spacial score (nSPS) is 10.9. The molecule has 0 aliphatic carbocycles. The van der Waals surface area contributed by atoms with Crippen LogP contribution in [0.2, 0.25) is 5.02 Å². The van der Waals surface area contributed by atoms with Crippen LogP contribution in [0.1, 0.15) is 12.5 Å². The molecule has 3 rings (SSSR count). The Kier molecular flexibility index (Phi) is 3.20. The average Bonchev–Trinajstić information content (AvgIpc) is 2.89. The molecule has 0 aliphatic heterocycles. The topological polar surface area (TPSA) is 65.4 Å². The second-order valence-corrected chi connectivity index (χ2v) is 4.75. The molecule has 0 aliphatic rings. The molecule has 0 radical (unpaired) electrons. The molecule has 20 heavy (non-hydrogen) atoms. The van der Waals surface area contributed by atoms with E-state index in [0.717, 1.165) is 17.0 Å². The van der Waals surface area contributed by atoms with E-state index in [4.69, 9.17) is 22.1 Å². The van der Waals surface area contributed by atoms with Crippen LogP contribution < -0.4 is 10.5 Å². The highest BCUT2D eigenvalue weighted by Gasteiger charge is 2.10. The number of nitrogens with zero attached hydrogens (tertiary/aromatic N) is 3. The maximum Gasteiger partial charge on any atom is 0.265 e. The summed E-state index contributed by atoms with van der Waals surface area (Å²) in [4.78, 5) is 8.40. The number of ether oxygens (including phenoxy) is 1. The molecule has 0 amide bonds. The van der Waals surface area contributed by atoms with Crippen LogP contribution in [-0.2, 0) is 6.42 Å². The first-order valence-corrected chi connectivity index (χ1v) is 6.60. The molecule has 0 spiro atoms. The van der Waals surface area contributed by atoms with Crippen molar-refractivity contribution >= 4 is 23.1 Å². The largest absolute Gasteiger partial charge is 0.436 e. The van der Waals surface area contributed by atoms with Crippen LogP contribution in [0.25, 0.3) is 5.65 Å². The summed E-state index contributed by atoms with van der Waals surface area (Å²) in [5.41, 5.74) is 7.40. The minimum absolute atomic E-state index is 0.371. The van der Waals surface area contributed by atoms with Crippen LogP contribution in [0, 0.1) is 0 Å². The van der Waals surface area contributed by atoms with Gasteiger partial charge in [-0.05, 0) is 30.2 Å². The Morgan fingerprint density at radius 2 is 2.25 bits per heavy atom. The molecule has 0 fully saturated rings. The van der Waals surface area contributed by atoms with Crippen molar-refractivity contribution in [3.05, 3.63) is 47.4 Å². The Labute approximate surface area is 121 Å². The first-order chi connectivity index (χ1) is 9.67. The van der Waals surface area contributed by atoms with Gasteiger partial charge in [-0.25, -0.2) is 4.98 Å². The van der Waals surface area contributed by atoms with Gasteiger partial charge in [0, 0.05) is 17.4 Å². The zero-order valence-corrected chi connectivity index (χ0v) is 11.6. The fourth-order valence-electron chi connectivity index (χ4n) is 1.99. The summed E-state index contributed by atoms with van der Waals surface area (Å²) < 4.78 is 7.57. The molecule has 2 aromatic heterocycles. The third-order valence-corrected chi connectivity index (χ3v) is 3.34. The van der Waals surface area contributed by atoms with E-state index < -0.39 is 0 Å². The number of fused-ring (bicyclic) bond motifs is 1. The molecule has 1 aromatic carbocycles. The number of aromatic nitrogens is 3. The molecule has 0 unspecified atom stereocenters. The van der Waals surface area contributed by atoms with E-state index in [1.54, 1.807) is 29.1 Å². The smallest absolute Gasteiger partial charge is 0.265 e. The fraction of sp³-hybridized carbons (Fsp3) is 0.143. The molecule has 102 valence electrons. The van der Waals surface area contributed by atoms with Crippen LogP contribution in [0.15, 0.2) is 36.8 Å². The summed E-state index contributed by atoms with van der Waals surface area (Å²) in [6.45, 7) is 2.04. The highest BCUT2D eigenvalue weighted by molar-refractivity contribution is 6.31. The van der Waals surface area contributed by atoms with Crippen LogP contribution in [-0.4, -0.2) is 14.4 Å². The Balaban J connectivity index is 2.02. The van der Waals surface area contributed by atoms with Gasteiger partial charge < -0.3 is 10.5 Å². The molecule has 0 atom stereocenters. The lowest BCUT2D eigenvalue weighted by atomic mass is 10.1. The standard InChI is InChI=1S/C14H13ClN4O/c1-2-9-7-10(3-4-11(9)15)20-14-13-17-5-6-19(13)8-12(16)18-14/h3-8H,2,16H2,1H3. The lowest BCUT2D eigenvalue weighted by Gasteiger charge is -2.09. The number of nitrogen functional groups attached to an aromatic ring is 1. The molecular weight excluding hydrogens is 276 g/mol. The summed E-state index contributed by atoms with van der Waals surface area (Å²) in [7, 11) is 0. The van der Waals surface area contributed by atoms with Crippen molar-refractivity contribution in [1.82, 2.24) is 14.4 Å². The van der Waals surface area contributed by atoms with Crippen LogP contribution in [0.5, 0.6) is 11.6 Å². The zero-order chi connectivity index (χ0) is 14.1. The van der Waals surface area contributed by atoms with Gasteiger partial charge in [-0.1, -0.05) is 18.5 Å². The van der Waals surface area contributed by atoms with E-state index in [1.165, 1.54) is 0 Å². The number of rotatable bonds is 3. The van der Waals surface area contributed by atoms with Gasteiger partial charge in [0.2, 0.25) is 5.65 Å². The first kappa shape index (κ1) is 12.7. The molecule has 0 saturated carbocycles. The van der Waals surface area contributed by atoms with Crippen LogP contribution in [0.4, 0.5) is 5.82 Å². The second kappa shape index (κ2) is 5.02. The van der Waals surface area contributed by atoms with Crippen molar-refractivity contribution in [1.29, 1.82) is 0 Å². The predicted octanol–water partition coefficient (Wildman–Crippen LogP) is 3.32. The van der Waals surface area contributed by atoms with Gasteiger partial charge in [0.15, 0.2) is 0 Å². The molecule has 2 heterocycles. The molecule has 0 bridgehead atoms. The van der Waals surface area contributed by atoms with Crippen molar-refractivity contribution < 1.29 is 4.74 Å². The van der Waals surface area contributed by atoms with Gasteiger partial charge in [0.1, 0.15) is 11.6 Å². The van der Waals surface area contributed by atoms with E-state index >= 15 is 0 Å². The highest BCUT2D eigenvalue weighted by Crippen LogP contribution is 2.28. The summed E-state index contributed by atoms with van der Waals surface area (Å²) in [6, 6.07) is 5.50. The van der Waals surface area contributed by atoms with E-state index in [-0.39, 0.29) is 0 Å². The van der Waals surface area contributed by atoms with Crippen LogP contribution in [0.3, 0.4) is 0 Å². The molecule has 2 N–H and O–H groups in total. The summed E-state index contributed by atoms with van der Waals surface area (Å²) in [6.07, 6.45) is 5.98. The van der Waals surface area contributed by atoms with Crippen molar-refractivity contribution in [3.63, 3.8) is 0 Å². The Bertz CT molecular complexity index is 769. The molecule has 5 nitrogen and oxygen atoms in total. The van der Waals surface area contributed by atoms with Crippen molar-refractivity contribution in [2.45, 2.75) is 13.3 Å². The highest BCUT2D eigenvalue weighted by atomic mass is 35.5. The summed E-state index contributed by atoms with van der Waals surface area (Å²) in [5, 5.41) is 0.728. The fourth-order valence-corrected chi connectivity index (χ4v) is 2.24. The van der Waals surface area contributed by atoms with Crippen LogP contribution >= 0.6 is 11.6 Å². The second-order valence-electron chi connectivity index (χ2n) is 4.34. The number of halogens is 1. The monoisotopic (exact) mass is 288 g/mol. The quantitative estimate of drug-likeness (QED) is 0.803. The minimum atomic E-state index is 0.371. The minimum Gasteiger partial charge on any atom is -0.436 e. The number of anilines is 1. The molecular formula is C14H13ClN4O. The van der Waals surface area contributed by atoms with Crippen molar-refractivity contribution in [2.75, 3.05) is 5.73 Å². The van der Waals surface area contributed by atoms with Crippen molar-refractivity contribution in [2.24, 2.45) is 0 Å². The Hall–Kier alpha value is -2.27. The van der Waals surface area contributed by atoms with Gasteiger partial charge in [-0.15, -0.1) is 0 Å². The first-order valence-electron chi connectivity index (χ1n) is 6.23. The van der Waals surface area contributed by atoms with Gasteiger partial charge in [0.25, 0.3) is 5.88 Å². The molecule has 6 heteroatoms. The number of hydrogen-bond donors (Lipinski definition) is 1. The van der Waals surface area contributed by atoms with Gasteiger partial charge >= 0.3 is 0 Å². The zero-order valence-electron chi connectivity index (χ0n) is 10.9. The van der Waals surface area contributed by atoms with Gasteiger partial charge in [0.05, 0.1) is 6.20 Å².